The largest absolute Gasteiger partial charge is 0.490 e. The van der Waals surface area contributed by atoms with Gasteiger partial charge < -0.3 is 9.64 Å². The van der Waals surface area contributed by atoms with Crippen LogP contribution in [0, 0.1) is 0 Å². The zero-order valence-corrected chi connectivity index (χ0v) is 11.2. The first-order valence-corrected chi connectivity index (χ1v) is 5.99. The Morgan fingerprint density at radius 1 is 1.33 bits per heavy atom. The minimum Gasteiger partial charge on any atom is -0.490 e. The first-order chi connectivity index (χ1) is 8.50. The number of benzene rings is 1. The molecular formula is C13H16ClNO3. The summed E-state index contributed by atoms with van der Waals surface area (Å²) in [7, 11) is 1.64. The van der Waals surface area contributed by atoms with Gasteiger partial charge in [-0.3, -0.25) is 9.59 Å². The quantitative estimate of drug-likeness (QED) is 0.744. The van der Waals surface area contributed by atoms with Crippen molar-refractivity contribution in [3.63, 3.8) is 0 Å². The highest BCUT2D eigenvalue weighted by atomic mass is 35.5. The molecule has 1 aromatic rings. The number of ether oxygens (including phenoxy) is 1. The van der Waals surface area contributed by atoms with Crippen LogP contribution in [0.3, 0.4) is 0 Å². The normalized spacial score (nSPS) is 9.94. The van der Waals surface area contributed by atoms with Crippen LogP contribution in [0.5, 0.6) is 5.75 Å². The number of halogens is 1. The summed E-state index contributed by atoms with van der Waals surface area (Å²) in [6, 6.07) is 7.14. The molecule has 0 aliphatic heterocycles. The number of ketones is 1. The molecule has 0 aliphatic carbocycles. The highest BCUT2D eigenvalue weighted by molar-refractivity contribution is 6.32. The molecule has 0 spiro atoms. The van der Waals surface area contributed by atoms with Crippen molar-refractivity contribution in [3.05, 3.63) is 29.3 Å². The predicted octanol–water partition coefficient (Wildman–Crippen LogP) is 2.16. The number of hydrogen-bond donors (Lipinski definition) is 0. The van der Waals surface area contributed by atoms with Crippen LogP contribution >= 0.6 is 11.6 Å². The summed E-state index contributed by atoms with van der Waals surface area (Å²) in [5.74, 6) is 0.246. The smallest absolute Gasteiger partial charge is 0.229 e. The van der Waals surface area contributed by atoms with Crippen LogP contribution in [0.1, 0.15) is 13.3 Å². The lowest BCUT2D eigenvalue weighted by atomic mass is 10.3. The van der Waals surface area contributed by atoms with Crippen molar-refractivity contribution in [1.29, 1.82) is 0 Å². The number of hydrogen-bond acceptors (Lipinski definition) is 3. The van der Waals surface area contributed by atoms with Gasteiger partial charge in [-0.15, -0.1) is 0 Å². The Morgan fingerprint density at radius 3 is 2.61 bits per heavy atom. The summed E-state index contributed by atoms with van der Waals surface area (Å²) in [6.45, 7) is 2.15. The Balaban J connectivity index is 2.36. The monoisotopic (exact) mass is 269 g/mol. The van der Waals surface area contributed by atoms with E-state index in [-0.39, 0.29) is 18.1 Å². The number of carbonyl (C=O) groups excluding carboxylic acids is 2. The van der Waals surface area contributed by atoms with Crippen molar-refractivity contribution in [2.24, 2.45) is 0 Å². The molecule has 0 N–H and O–H groups in total. The number of carbonyl (C=O) groups is 2. The second-order valence-corrected chi connectivity index (χ2v) is 4.38. The summed E-state index contributed by atoms with van der Waals surface area (Å²) < 4.78 is 5.45. The standard InChI is InChI=1S/C13H16ClNO3/c1-10(16)9-13(17)15(2)7-8-18-12-6-4-3-5-11(12)14/h3-6H,7-9H2,1-2H3. The summed E-state index contributed by atoms with van der Waals surface area (Å²) in [5, 5.41) is 0.537. The lowest BCUT2D eigenvalue weighted by Crippen LogP contribution is -2.31. The summed E-state index contributed by atoms with van der Waals surface area (Å²) >= 11 is 5.92. The zero-order chi connectivity index (χ0) is 13.5. The minimum absolute atomic E-state index is 0.0669. The fourth-order valence-electron chi connectivity index (χ4n) is 1.33. The predicted molar refractivity (Wildman–Crippen MR) is 69.9 cm³/mol. The van der Waals surface area contributed by atoms with Crippen LogP contribution in [0.2, 0.25) is 5.02 Å². The van der Waals surface area contributed by atoms with Gasteiger partial charge in [0.15, 0.2) is 0 Å². The van der Waals surface area contributed by atoms with E-state index in [1.165, 1.54) is 11.8 Å². The lowest BCUT2D eigenvalue weighted by Gasteiger charge is -2.17. The van der Waals surface area contributed by atoms with Crippen molar-refractivity contribution in [3.8, 4) is 5.75 Å². The van der Waals surface area contributed by atoms with Crippen LogP contribution < -0.4 is 4.74 Å². The molecule has 18 heavy (non-hydrogen) atoms. The van der Waals surface area contributed by atoms with Gasteiger partial charge in [-0.05, 0) is 19.1 Å². The summed E-state index contributed by atoms with van der Waals surface area (Å²) in [5.41, 5.74) is 0. The van der Waals surface area contributed by atoms with Crippen molar-refractivity contribution < 1.29 is 14.3 Å². The Kier molecular flexibility index (Phi) is 5.65. The maximum absolute atomic E-state index is 11.5. The average Bonchev–Trinajstić information content (AvgIpc) is 2.30. The van der Waals surface area contributed by atoms with Gasteiger partial charge in [-0.1, -0.05) is 23.7 Å². The van der Waals surface area contributed by atoms with E-state index in [2.05, 4.69) is 0 Å². The molecule has 0 aliphatic rings. The number of para-hydroxylation sites is 1. The molecule has 0 fully saturated rings. The van der Waals surface area contributed by atoms with Crippen molar-refractivity contribution in [1.82, 2.24) is 4.90 Å². The van der Waals surface area contributed by atoms with Gasteiger partial charge in [0.25, 0.3) is 0 Å². The highest BCUT2D eigenvalue weighted by Crippen LogP contribution is 2.22. The third-order valence-corrected chi connectivity index (χ3v) is 2.66. The second kappa shape index (κ2) is 7.01. The molecular weight excluding hydrogens is 254 g/mol. The van der Waals surface area contributed by atoms with E-state index in [1.807, 2.05) is 12.1 Å². The first-order valence-electron chi connectivity index (χ1n) is 5.61. The van der Waals surface area contributed by atoms with Gasteiger partial charge in [0.2, 0.25) is 5.91 Å². The number of nitrogens with zero attached hydrogens (tertiary/aromatic N) is 1. The van der Waals surface area contributed by atoms with Crippen LogP contribution in [0.15, 0.2) is 24.3 Å². The van der Waals surface area contributed by atoms with E-state index in [9.17, 15) is 9.59 Å². The SMILES string of the molecule is CC(=O)CC(=O)N(C)CCOc1ccccc1Cl. The second-order valence-electron chi connectivity index (χ2n) is 3.97. The van der Waals surface area contributed by atoms with E-state index < -0.39 is 0 Å². The van der Waals surface area contributed by atoms with Gasteiger partial charge in [0.1, 0.15) is 18.1 Å². The van der Waals surface area contributed by atoms with Crippen molar-refractivity contribution in [2.45, 2.75) is 13.3 Å². The molecule has 1 aromatic carbocycles. The lowest BCUT2D eigenvalue weighted by molar-refractivity contribution is -0.134. The minimum atomic E-state index is -0.203. The Hall–Kier alpha value is -1.55. The van der Waals surface area contributed by atoms with Crippen molar-refractivity contribution in [2.75, 3.05) is 20.2 Å². The molecule has 0 radical (unpaired) electrons. The topological polar surface area (TPSA) is 46.6 Å². The van der Waals surface area contributed by atoms with Crippen LogP contribution in [-0.4, -0.2) is 36.8 Å². The molecule has 0 unspecified atom stereocenters. The van der Waals surface area contributed by atoms with Gasteiger partial charge in [-0.2, -0.15) is 0 Å². The van der Waals surface area contributed by atoms with Crippen LogP contribution in [0.25, 0.3) is 0 Å². The Bertz CT molecular complexity index is 434. The average molecular weight is 270 g/mol. The van der Waals surface area contributed by atoms with Gasteiger partial charge in [0.05, 0.1) is 18.0 Å². The fraction of sp³-hybridized carbons (Fsp3) is 0.385. The Morgan fingerprint density at radius 2 is 2.00 bits per heavy atom. The number of likely N-dealkylation sites (N-methyl/N-ethyl adjacent to an activating group) is 1. The van der Waals surface area contributed by atoms with E-state index in [4.69, 9.17) is 16.3 Å². The summed E-state index contributed by atoms with van der Waals surface area (Å²) in [4.78, 5) is 23.8. The molecule has 5 heteroatoms. The molecule has 0 saturated carbocycles. The summed E-state index contributed by atoms with van der Waals surface area (Å²) in [6.07, 6.45) is -0.0669. The van der Waals surface area contributed by atoms with Gasteiger partial charge in [0, 0.05) is 7.05 Å². The molecule has 0 aromatic heterocycles. The molecule has 1 amide bonds. The third-order valence-electron chi connectivity index (χ3n) is 2.35. The van der Waals surface area contributed by atoms with E-state index >= 15 is 0 Å². The molecule has 98 valence electrons. The number of rotatable bonds is 6. The van der Waals surface area contributed by atoms with Crippen LogP contribution in [0.4, 0.5) is 0 Å². The van der Waals surface area contributed by atoms with E-state index in [0.29, 0.717) is 23.9 Å². The molecule has 0 saturated heterocycles. The van der Waals surface area contributed by atoms with Gasteiger partial charge in [-0.25, -0.2) is 0 Å². The maximum Gasteiger partial charge on any atom is 0.229 e. The molecule has 0 heterocycles. The highest BCUT2D eigenvalue weighted by Gasteiger charge is 2.11. The van der Waals surface area contributed by atoms with Crippen molar-refractivity contribution >= 4 is 23.3 Å². The van der Waals surface area contributed by atoms with E-state index in [0.717, 1.165) is 0 Å². The molecule has 4 nitrogen and oxygen atoms in total. The first kappa shape index (κ1) is 14.5. The zero-order valence-electron chi connectivity index (χ0n) is 10.5. The van der Waals surface area contributed by atoms with E-state index in [1.54, 1.807) is 19.2 Å². The maximum atomic E-state index is 11.5. The van der Waals surface area contributed by atoms with Crippen LogP contribution in [-0.2, 0) is 9.59 Å². The molecule has 0 bridgehead atoms. The fourth-order valence-corrected chi connectivity index (χ4v) is 1.52. The number of amides is 1. The number of Topliss-reactive ketones (excluding diaryl/α,β-unsaturated/α-hetero) is 1. The molecule has 0 atom stereocenters. The Labute approximate surface area is 111 Å². The molecule has 1 rings (SSSR count). The third kappa shape index (κ3) is 4.75. The van der Waals surface area contributed by atoms with Gasteiger partial charge >= 0.3 is 0 Å².